The van der Waals surface area contributed by atoms with Crippen LogP contribution in [0.5, 0.6) is 0 Å². The van der Waals surface area contributed by atoms with E-state index in [1.54, 1.807) is 12.3 Å². The van der Waals surface area contributed by atoms with Gasteiger partial charge in [0.25, 0.3) is 0 Å². The summed E-state index contributed by atoms with van der Waals surface area (Å²) in [6.07, 6.45) is 2.08. The predicted molar refractivity (Wildman–Crippen MR) is 49.5 cm³/mol. The molecule has 13 heavy (non-hydrogen) atoms. The maximum atomic E-state index is 10.9. The van der Waals surface area contributed by atoms with Gasteiger partial charge in [0.05, 0.1) is 12.8 Å². The Labute approximate surface area is 82.1 Å². The first-order chi connectivity index (χ1) is 5.74. The van der Waals surface area contributed by atoms with Crippen molar-refractivity contribution in [3.63, 3.8) is 0 Å². The molecule has 5 nitrogen and oxygen atoms in total. The Morgan fingerprint density at radius 3 is 3.00 bits per heavy atom. The molecule has 0 radical (unpaired) electrons. The van der Waals surface area contributed by atoms with Crippen LogP contribution >= 0.6 is 12.4 Å². The van der Waals surface area contributed by atoms with Crippen molar-refractivity contribution in [1.29, 1.82) is 0 Å². The zero-order valence-corrected chi connectivity index (χ0v) is 8.00. The SMILES string of the molecule is COC(=O)[C@@H](N)Cc1cc[nH]n1.Cl. The fourth-order valence-electron chi connectivity index (χ4n) is 0.865. The smallest absolute Gasteiger partial charge is 0.323 e. The number of methoxy groups -OCH3 is 1. The number of nitrogens with two attached hydrogens (primary N) is 1. The molecule has 0 fully saturated rings. The summed E-state index contributed by atoms with van der Waals surface area (Å²) in [5.74, 6) is -0.419. The first kappa shape index (κ1) is 11.9. The summed E-state index contributed by atoms with van der Waals surface area (Å²) < 4.78 is 4.46. The molecule has 6 heteroatoms. The summed E-state index contributed by atoms with van der Waals surface area (Å²) in [6, 6.07) is 1.14. The number of rotatable bonds is 3. The van der Waals surface area contributed by atoms with Crippen LogP contribution in [0, 0.1) is 0 Å². The predicted octanol–water partition coefficient (Wildman–Crippen LogP) is -0.126. The van der Waals surface area contributed by atoms with Crippen molar-refractivity contribution in [3.05, 3.63) is 18.0 Å². The first-order valence-electron chi connectivity index (χ1n) is 3.56. The number of nitrogens with zero attached hydrogens (tertiary/aromatic N) is 1. The van der Waals surface area contributed by atoms with E-state index in [2.05, 4.69) is 14.9 Å². The number of nitrogens with one attached hydrogen (secondary N) is 1. The molecule has 0 aliphatic heterocycles. The molecular weight excluding hydrogens is 194 g/mol. The Morgan fingerprint density at radius 1 is 1.85 bits per heavy atom. The van der Waals surface area contributed by atoms with Crippen molar-refractivity contribution >= 4 is 18.4 Å². The molecule has 0 saturated carbocycles. The number of ether oxygens (including phenoxy) is 1. The van der Waals surface area contributed by atoms with Crippen LogP contribution < -0.4 is 5.73 Å². The minimum Gasteiger partial charge on any atom is -0.468 e. The summed E-state index contributed by atoms with van der Waals surface area (Å²) in [5, 5.41) is 6.49. The van der Waals surface area contributed by atoms with E-state index in [1.807, 2.05) is 0 Å². The first-order valence-corrected chi connectivity index (χ1v) is 3.56. The fraction of sp³-hybridized carbons (Fsp3) is 0.429. The zero-order chi connectivity index (χ0) is 8.97. The summed E-state index contributed by atoms with van der Waals surface area (Å²) in [7, 11) is 1.31. The standard InChI is InChI=1S/C7H11N3O2.ClH/c1-12-7(11)6(8)4-5-2-3-9-10-5;/h2-3,6H,4,8H2,1H3,(H,9,10);1H/t6-;/m0./s1. The van der Waals surface area contributed by atoms with Gasteiger partial charge < -0.3 is 10.5 Å². The molecule has 3 N–H and O–H groups in total. The summed E-state index contributed by atoms with van der Waals surface area (Å²) in [4.78, 5) is 10.9. The Bertz CT molecular complexity index is 250. The molecule has 1 atom stereocenters. The molecule has 0 aromatic carbocycles. The van der Waals surface area contributed by atoms with Gasteiger partial charge in [-0.25, -0.2) is 0 Å². The minimum absolute atomic E-state index is 0. The van der Waals surface area contributed by atoms with Gasteiger partial charge in [-0.2, -0.15) is 5.10 Å². The maximum Gasteiger partial charge on any atom is 0.323 e. The average Bonchev–Trinajstić information content (AvgIpc) is 2.55. The number of carbonyl (C=O) groups excluding carboxylic acids is 1. The number of H-pyrrole nitrogens is 1. The van der Waals surface area contributed by atoms with E-state index in [0.717, 1.165) is 5.69 Å². The second-order valence-corrected chi connectivity index (χ2v) is 2.40. The van der Waals surface area contributed by atoms with E-state index < -0.39 is 12.0 Å². The van der Waals surface area contributed by atoms with E-state index >= 15 is 0 Å². The molecule has 1 heterocycles. The van der Waals surface area contributed by atoms with Gasteiger partial charge in [0.1, 0.15) is 6.04 Å². The number of hydrogen-bond donors (Lipinski definition) is 2. The van der Waals surface area contributed by atoms with Crippen LogP contribution in [-0.4, -0.2) is 29.3 Å². The van der Waals surface area contributed by atoms with Gasteiger partial charge in [-0.05, 0) is 6.07 Å². The van der Waals surface area contributed by atoms with E-state index in [4.69, 9.17) is 5.73 Å². The average molecular weight is 206 g/mol. The van der Waals surface area contributed by atoms with Gasteiger partial charge >= 0.3 is 5.97 Å². The van der Waals surface area contributed by atoms with Crippen LogP contribution in [0.25, 0.3) is 0 Å². The molecular formula is C7H12ClN3O2. The summed E-state index contributed by atoms with van der Waals surface area (Å²) in [5.41, 5.74) is 6.25. The molecule has 0 aliphatic rings. The Balaban J connectivity index is 0.00000144. The highest BCUT2D eigenvalue weighted by Crippen LogP contribution is 1.97. The van der Waals surface area contributed by atoms with Gasteiger partial charge in [0.2, 0.25) is 0 Å². The third-order valence-electron chi connectivity index (χ3n) is 1.49. The third-order valence-corrected chi connectivity index (χ3v) is 1.49. The number of aromatic amines is 1. The zero-order valence-electron chi connectivity index (χ0n) is 7.19. The molecule has 0 saturated heterocycles. The van der Waals surface area contributed by atoms with E-state index in [0.29, 0.717) is 6.42 Å². The number of esters is 1. The van der Waals surface area contributed by atoms with E-state index in [1.165, 1.54) is 7.11 Å². The summed E-state index contributed by atoms with van der Waals surface area (Å²) in [6.45, 7) is 0. The second kappa shape index (κ2) is 5.55. The topological polar surface area (TPSA) is 81.0 Å². The molecule has 0 aliphatic carbocycles. The molecule has 0 spiro atoms. The molecule has 74 valence electrons. The van der Waals surface area contributed by atoms with E-state index in [9.17, 15) is 4.79 Å². The Kier molecular flexibility index (Phi) is 5.10. The fourth-order valence-corrected chi connectivity index (χ4v) is 0.865. The van der Waals surface area contributed by atoms with Gasteiger partial charge in [-0.3, -0.25) is 9.89 Å². The van der Waals surface area contributed by atoms with Crippen molar-refractivity contribution in [2.24, 2.45) is 5.73 Å². The van der Waals surface area contributed by atoms with Crippen molar-refractivity contribution < 1.29 is 9.53 Å². The normalized spacial score (nSPS) is 11.5. The van der Waals surface area contributed by atoms with Gasteiger partial charge in [0, 0.05) is 12.6 Å². The minimum atomic E-state index is -0.627. The highest BCUT2D eigenvalue weighted by atomic mass is 35.5. The highest BCUT2D eigenvalue weighted by molar-refractivity contribution is 5.85. The molecule has 0 unspecified atom stereocenters. The van der Waals surface area contributed by atoms with Crippen LogP contribution in [0.1, 0.15) is 5.69 Å². The van der Waals surface area contributed by atoms with Crippen molar-refractivity contribution in [2.45, 2.75) is 12.5 Å². The highest BCUT2D eigenvalue weighted by Gasteiger charge is 2.14. The van der Waals surface area contributed by atoms with Crippen molar-refractivity contribution in [2.75, 3.05) is 7.11 Å². The lowest BCUT2D eigenvalue weighted by Crippen LogP contribution is -2.33. The molecule has 1 aromatic heterocycles. The third kappa shape index (κ3) is 3.43. The quantitative estimate of drug-likeness (QED) is 0.674. The van der Waals surface area contributed by atoms with Gasteiger partial charge in [-0.1, -0.05) is 0 Å². The monoisotopic (exact) mass is 205 g/mol. The largest absolute Gasteiger partial charge is 0.468 e. The Hall–Kier alpha value is -1.07. The van der Waals surface area contributed by atoms with E-state index in [-0.39, 0.29) is 12.4 Å². The van der Waals surface area contributed by atoms with Crippen LogP contribution in [0.4, 0.5) is 0 Å². The van der Waals surface area contributed by atoms with Crippen molar-refractivity contribution in [1.82, 2.24) is 10.2 Å². The lowest BCUT2D eigenvalue weighted by molar-refractivity contribution is -0.142. The molecule has 0 amide bonds. The number of carbonyl (C=O) groups is 1. The molecule has 1 aromatic rings. The van der Waals surface area contributed by atoms with Crippen molar-refractivity contribution in [3.8, 4) is 0 Å². The second-order valence-electron chi connectivity index (χ2n) is 2.40. The van der Waals surface area contributed by atoms with Crippen LogP contribution in [-0.2, 0) is 16.0 Å². The maximum absolute atomic E-state index is 10.9. The molecule has 0 bridgehead atoms. The van der Waals surface area contributed by atoms with Crippen LogP contribution in [0.3, 0.4) is 0 Å². The number of halogens is 1. The lowest BCUT2D eigenvalue weighted by Gasteiger charge is -2.05. The Morgan fingerprint density at radius 2 is 2.54 bits per heavy atom. The van der Waals surface area contributed by atoms with Crippen LogP contribution in [0.15, 0.2) is 12.3 Å². The van der Waals surface area contributed by atoms with Gasteiger partial charge in [0.15, 0.2) is 0 Å². The number of hydrogen-bond acceptors (Lipinski definition) is 4. The number of aromatic nitrogens is 2. The lowest BCUT2D eigenvalue weighted by atomic mass is 10.2. The summed E-state index contributed by atoms with van der Waals surface area (Å²) >= 11 is 0. The van der Waals surface area contributed by atoms with Gasteiger partial charge in [-0.15, -0.1) is 12.4 Å². The van der Waals surface area contributed by atoms with Crippen LogP contribution in [0.2, 0.25) is 0 Å². The molecule has 1 rings (SSSR count).